The standard InChI is InChI=1S/C21H22BrN3O3S/c1-11(18-7-13(22)10-29-18)23-21-16-8-17(28-14-3-5-26-9-14)20-15(4-6-27-20)19(16)24-12(2)25-21/h7-8,10-11,14H,3-6,9H2,1-2H3,(H,23,24,25)/t11-,14+/m1/s1. The van der Waals surface area contributed by atoms with E-state index in [2.05, 4.69) is 39.6 Å². The molecule has 1 saturated heterocycles. The van der Waals surface area contributed by atoms with Crippen molar-refractivity contribution in [2.45, 2.75) is 38.8 Å². The maximum Gasteiger partial charge on any atom is 0.166 e. The van der Waals surface area contributed by atoms with E-state index in [1.807, 2.05) is 13.0 Å². The first-order valence-electron chi connectivity index (χ1n) is 9.80. The number of rotatable bonds is 5. The van der Waals surface area contributed by atoms with Crippen LogP contribution in [0.15, 0.2) is 22.0 Å². The van der Waals surface area contributed by atoms with E-state index in [0.717, 1.165) is 63.5 Å². The van der Waals surface area contributed by atoms with Crippen molar-refractivity contribution in [3.05, 3.63) is 38.3 Å². The van der Waals surface area contributed by atoms with Gasteiger partial charge in [-0.25, -0.2) is 9.97 Å². The number of aromatic nitrogens is 2. The number of ether oxygens (including phenoxy) is 3. The molecule has 4 heterocycles. The molecule has 2 aliphatic heterocycles. The van der Waals surface area contributed by atoms with Crippen LogP contribution in [0.3, 0.4) is 0 Å². The number of halogens is 1. The molecule has 2 aromatic heterocycles. The summed E-state index contributed by atoms with van der Waals surface area (Å²) in [6.45, 7) is 6.08. The predicted octanol–water partition coefficient (Wildman–Crippen LogP) is 5.04. The van der Waals surface area contributed by atoms with Crippen LogP contribution in [0.2, 0.25) is 0 Å². The number of thiophene rings is 1. The smallest absolute Gasteiger partial charge is 0.166 e. The molecule has 1 aromatic carbocycles. The number of aryl methyl sites for hydroxylation is 1. The number of nitrogens with zero attached hydrogens (tertiary/aromatic N) is 2. The van der Waals surface area contributed by atoms with E-state index >= 15 is 0 Å². The Morgan fingerprint density at radius 2 is 2.21 bits per heavy atom. The van der Waals surface area contributed by atoms with Gasteiger partial charge >= 0.3 is 0 Å². The molecule has 5 rings (SSSR count). The second-order valence-electron chi connectivity index (χ2n) is 7.43. The zero-order valence-electron chi connectivity index (χ0n) is 16.3. The second-order valence-corrected chi connectivity index (χ2v) is 9.29. The van der Waals surface area contributed by atoms with E-state index in [1.54, 1.807) is 11.3 Å². The van der Waals surface area contributed by atoms with Crippen molar-refractivity contribution in [2.75, 3.05) is 25.1 Å². The van der Waals surface area contributed by atoms with Crippen LogP contribution in [-0.2, 0) is 11.2 Å². The van der Waals surface area contributed by atoms with Crippen LogP contribution >= 0.6 is 27.3 Å². The highest BCUT2D eigenvalue weighted by atomic mass is 79.9. The Kier molecular flexibility index (Phi) is 5.09. The van der Waals surface area contributed by atoms with Gasteiger partial charge in [-0.2, -0.15) is 0 Å². The van der Waals surface area contributed by atoms with E-state index < -0.39 is 0 Å². The number of anilines is 1. The first kappa shape index (κ1) is 19.1. The van der Waals surface area contributed by atoms with Crippen LogP contribution in [0, 0.1) is 6.92 Å². The SMILES string of the molecule is Cc1nc(N[C@H](C)c2cc(Br)cs2)c2cc(O[C@H]3CCOC3)c3c(c2n1)CCO3. The minimum absolute atomic E-state index is 0.0610. The van der Waals surface area contributed by atoms with Crippen molar-refractivity contribution < 1.29 is 14.2 Å². The molecule has 0 spiro atoms. The van der Waals surface area contributed by atoms with Crippen LogP contribution in [0.4, 0.5) is 5.82 Å². The molecule has 6 nitrogen and oxygen atoms in total. The molecule has 0 aliphatic carbocycles. The van der Waals surface area contributed by atoms with E-state index in [4.69, 9.17) is 24.2 Å². The van der Waals surface area contributed by atoms with E-state index in [1.165, 1.54) is 4.88 Å². The average molecular weight is 476 g/mol. The molecule has 2 atom stereocenters. The van der Waals surface area contributed by atoms with Crippen molar-refractivity contribution in [3.8, 4) is 11.5 Å². The van der Waals surface area contributed by atoms with Crippen LogP contribution in [0.5, 0.6) is 11.5 Å². The van der Waals surface area contributed by atoms with Crippen LogP contribution in [0.1, 0.15) is 35.7 Å². The van der Waals surface area contributed by atoms with E-state index in [9.17, 15) is 0 Å². The first-order valence-corrected chi connectivity index (χ1v) is 11.5. The van der Waals surface area contributed by atoms with Crippen molar-refractivity contribution in [1.29, 1.82) is 0 Å². The monoisotopic (exact) mass is 475 g/mol. The fourth-order valence-electron chi connectivity index (χ4n) is 3.86. The lowest BCUT2D eigenvalue weighted by Crippen LogP contribution is -2.16. The Balaban J connectivity index is 1.58. The number of hydrogen-bond donors (Lipinski definition) is 1. The molecule has 0 amide bonds. The summed E-state index contributed by atoms with van der Waals surface area (Å²) >= 11 is 5.26. The summed E-state index contributed by atoms with van der Waals surface area (Å²) in [5, 5.41) is 6.65. The number of fused-ring (bicyclic) bond motifs is 3. The zero-order chi connectivity index (χ0) is 20.0. The summed E-state index contributed by atoms with van der Waals surface area (Å²) in [5.74, 6) is 3.16. The average Bonchev–Trinajstić information content (AvgIpc) is 3.43. The number of nitrogens with one attached hydrogen (secondary N) is 1. The molecule has 0 bridgehead atoms. The third-order valence-electron chi connectivity index (χ3n) is 5.26. The molecule has 0 radical (unpaired) electrons. The van der Waals surface area contributed by atoms with Gasteiger partial charge in [-0.3, -0.25) is 0 Å². The molecular formula is C21H22BrN3O3S. The van der Waals surface area contributed by atoms with Crippen molar-refractivity contribution in [2.24, 2.45) is 0 Å². The normalized spacial score (nSPS) is 19.2. The maximum atomic E-state index is 6.27. The molecule has 152 valence electrons. The zero-order valence-corrected chi connectivity index (χ0v) is 18.7. The highest BCUT2D eigenvalue weighted by Gasteiger charge is 2.27. The van der Waals surface area contributed by atoms with Gasteiger partial charge in [-0.05, 0) is 41.9 Å². The molecule has 0 saturated carbocycles. The Labute approximate surface area is 181 Å². The summed E-state index contributed by atoms with van der Waals surface area (Å²) in [4.78, 5) is 10.7. The van der Waals surface area contributed by atoms with E-state index in [0.29, 0.717) is 13.2 Å². The van der Waals surface area contributed by atoms with Gasteiger partial charge in [0.25, 0.3) is 0 Å². The summed E-state index contributed by atoms with van der Waals surface area (Å²) in [5.41, 5.74) is 2.05. The Bertz CT molecular complexity index is 1060. The molecule has 8 heteroatoms. The maximum absolute atomic E-state index is 6.27. The third-order valence-corrected chi connectivity index (χ3v) is 7.14. The fraction of sp³-hybridized carbons (Fsp3) is 0.429. The topological polar surface area (TPSA) is 65.5 Å². The highest BCUT2D eigenvalue weighted by molar-refractivity contribution is 9.10. The van der Waals surface area contributed by atoms with Gasteiger partial charge in [0.05, 0.1) is 31.4 Å². The lowest BCUT2D eigenvalue weighted by Gasteiger charge is -2.19. The number of benzene rings is 1. The van der Waals surface area contributed by atoms with Crippen LogP contribution in [0.25, 0.3) is 10.9 Å². The molecule has 2 aliphatic rings. The first-order chi connectivity index (χ1) is 14.1. The molecule has 1 N–H and O–H groups in total. The molecule has 0 unspecified atom stereocenters. The van der Waals surface area contributed by atoms with E-state index in [-0.39, 0.29) is 12.1 Å². The predicted molar refractivity (Wildman–Crippen MR) is 117 cm³/mol. The van der Waals surface area contributed by atoms with Gasteiger partial charge in [-0.1, -0.05) is 0 Å². The highest BCUT2D eigenvalue weighted by Crippen LogP contribution is 2.43. The molecule has 29 heavy (non-hydrogen) atoms. The van der Waals surface area contributed by atoms with Crippen molar-refractivity contribution >= 4 is 44.0 Å². The van der Waals surface area contributed by atoms with Gasteiger partial charge in [0.15, 0.2) is 11.5 Å². The Morgan fingerprint density at radius 1 is 1.31 bits per heavy atom. The minimum atomic E-state index is 0.0610. The minimum Gasteiger partial charge on any atom is -0.489 e. The third kappa shape index (κ3) is 3.69. The van der Waals surface area contributed by atoms with Crippen LogP contribution in [-0.4, -0.2) is 35.9 Å². The quantitative estimate of drug-likeness (QED) is 0.557. The van der Waals surface area contributed by atoms with Gasteiger partial charge < -0.3 is 19.5 Å². The van der Waals surface area contributed by atoms with Crippen molar-refractivity contribution in [3.63, 3.8) is 0 Å². The summed E-state index contributed by atoms with van der Waals surface area (Å²) < 4.78 is 18.8. The van der Waals surface area contributed by atoms with Crippen molar-refractivity contribution in [1.82, 2.24) is 9.97 Å². The number of hydrogen-bond acceptors (Lipinski definition) is 7. The largest absolute Gasteiger partial charge is 0.489 e. The second kappa shape index (κ2) is 7.74. The Hall–Kier alpha value is -1.90. The van der Waals surface area contributed by atoms with Gasteiger partial charge in [0.2, 0.25) is 0 Å². The summed E-state index contributed by atoms with van der Waals surface area (Å²) in [7, 11) is 0. The lowest BCUT2D eigenvalue weighted by atomic mass is 10.1. The van der Waals surface area contributed by atoms with Crippen LogP contribution < -0.4 is 14.8 Å². The van der Waals surface area contributed by atoms with Gasteiger partial charge in [0, 0.05) is 38.5 Å². The summed E-state index contributed by atoms with van der Waals surface area (Å²) in [6.07, 6.45) is 1.78. The van der Waals surface area contributed by atoms with Gasteiger partial charge in [0.1, 0.15) is 17.7 Å². The lowest BCUT2D eigenvalue weighted by molar-refractivity contribution is 0.138. The molecule has 3 aromatic rings. The fourth-order valence-corrected chi connectivity index (χ4v) is 5.31. The molecule has 1 fully saturated rings. The molecular weight excluding hydrogens is 454 g/mol. The Morgan fingerprint density at radius 3 is 2.97 bits per heavy atom. The van der Waals surface area contributed by atoms with Gasteiger partial charge in [-0.15, -0.1) is 11.3 Å². The summed E-state index contributed by atoms with van der Waals surface area (Å²) in [6, 6.07) is 4.29.